The van der Waals surface area contributed by atoms with Gasteiger partial charge in [-0.15, -0.1) is 11.3 Å². The van der Waals surface area contributed by atoms with Gasteiger partial charge in [-0.1, -0.05) is 6.92 Å². The Balaban J connectivity index is 2.15. The molecule has 0 amide bonds. The number of aryl methyl sites for hydroxylation is 2. The largest absolute Gasteiger partial charge is 0.330 e. The van der Waals surface area contributed by atoms with Crippen molar-refractivity contribution in [3.63, 3.8) is 0 Å². The number of nitrogens with zero attached hydrogens (tertiary/aromatic N) is 2. The first-order valence-corrected chi connectivity index (χ1v) is 5.66. The molecule has 2 aromatic rings. The Hall–Kier alpha value is -1.09. The Bertz CT molecular complexity index is 414. The van der Waals surface area contributed by atoms with Crippen molar-refractivity contribution in [2.75, 3.05) is 0 Å². The van der Waals surface area contributed by atoms with Crippen molar-refractivity contribution in [1.29, 1.82) is 0 Å². The van der Waals surface area contributed by atoms with E-state index in [1.54, 1.807) is 0 Å². The van der Waals surface area contributed by atoms with Gasteiger partial charge in [0.05, 0.1) is 6.54 Å². The third-order valence-electron chi connectivity index (χ3n) is 2.32. The molecule has 2 heterocycles. The second-order valence-electron chi connectivity index (χ2n) is 3.32. The number of rotatable bonds is 3. The summed E-state index contributed by atoms with van der Waals surface area (Å²) in [5, 5.41) is 0. The fraction of sp³-hybridized carbons (Fsp3) is 0.364. The minimum absolute atomic E-state index is 0.955. The first kappa shape index (κ1) is 9.46. The molecular formula is C11H14N2S. The first-order valence-electron chi connectivity index (χ1n) is 4.85. The predicted octanol–water partition coefficient (Wildman–Crippen LogP) is 2.86. The van der Waals surface area contributed by atoms with E-state index in [1.165, 1.54) is 9.75 Å². The molecule has 3 heteroatoms. The van der Waals surface area contributed by atoms with Crippen LogP contribution in [0.15, 0.2) is 24.5 Å². The summed E-state index contributed by atoms with van der Waals surface area (Å²) in [4.78, 5) is 7.07. The zero-order chi connectivity index (χ0) is 9.97. The summed E-state index contributed by atoms with van der Waals surface area (Å²) in [6.45, 7) is 5.18. The molecule has 0 saturated carbocycles. The van der Waals surface area contributed by atoms with Gasteiger partial charge in [0.1, 0.15) is 5.82 Å². The van der Waals surface area contributed by atoms with E-state index in [-0.39, 0.29) is 0 Å². The maximum absolute atomic E-state index is 4.21. The van der Waals surface area contributed by atoms with Crippen molar-refractivity contribution in [2.45, 2.75) is 26.8 Å². The molecule has 0 N–H and O–H groups in total. The van der Waals surface area contributed by atoms with Crippen molar-refractivity contribution in [3.05, 3.63) is 40.1 Å². The predicted molar refractivity (Wildman–Crippen MR) is 59.8 cm³/mol. The van der Waals surface area contributed by atoms with Crippen LogP contribution in [0.2, 0.25) is 0 Å². The van der Waals surface area contributed by atoms with Gasteiger partial charge in [-0.3, -0.25) is 0 Å². The molecule has 0 unspecified atom stereocenters. The van der Waals surface area contributed by atoms with Gasteiger partial charge in [0.2, 0.25) is 0 Å². The number of hydrogen-bond acceptors (Lipinski definition) is 2. The van der Waals surface area contributed by atoms with Gasteiger partial charge < -0.3 is 4.57 Å². The molecule has 0 aliphatic heterocycles. The average molecular weight is 206 g/mol. The van der Waals surface area contributed by atoms with E-state index in [2.05, 4.69) is 28.6 Å². The topological polar surface area (TPSA) is 17.8 Å². The van der Waals surface area contributed by atoms with Crippen LogP contribution >= 0.6 is 11.3 Å². The molecule has 0 atom stereocenters. The van der Waals surface area contributed by atoms with Crippen LogP contribution in [0.1, 0.15) is 22.5 Å². The quantitative estimate of drug-likeness (QED) is 0.755. The molecule has 0 radical (unpaired) electrons. The highest BCUT2D eigenvalue weighted by Crippen LogP contribution is 2.18. The summed E-state index contributed by atoms with van der Waals surface area (Å²) in [6, 6.07) is 4.43. The summed E-state index contributed by atoms with van der Waals surface area (Å²) in [7, 11) is 0. The highest BCUT2D eigenvalue weighted by Gasteiger charge is 2.01. The van der Waals surface area contributed by atoms with Crippen LogP contribution in [0.5, 0.6) is 0 Å². The SMILES string of the molecule is CCc1ccc(Cn2ccnc2C)s1. The second-order valence-corrected chi connectivity index (χ2v) is 4.58. The Kier molecular flexibility index (Phi) is 2.68. The van der Waals surface area contributed by atoms with Crippen molar-refractivity contribution >= 4 is 11.3 Å². The Morgan fingerprint density at radius 2 is 2.14 bits per heavy atom. The summed E-state index contributed by atoms with van der Waals surface area (Å²) < 4.78 is 2.17. The van der Waals surface area contributed by atoms with E-state index in [4.69, 9.17) is 0 Å². The standard InChI is InChI=1S/C11H14N2S/c1-3-10-4-5-11(14-10)8-13-7-6-12-9(13)2/h4-7H,3,8H2,1-2H3. The smallest absolute Gasteiger partial charge is 0.105 e. The van der Waals surface area contributed by atoms with Crippen LogP contribution < -0.4 is 0 Å². The molecule has 0 aliphatic carbocycles. The summed E-state index contributed by atoms with van der Waals surface area (Å²) in [5.74, 6) is 1.08. The number of aromatic nitrogens is 2. The molecule has 2 rings (SSSR count). The van der Waals surface area contributed by atoms with Crippen molar-refractivity contribution < 1.29 is 0 Å². The fourth-order valence-electron chi connectivity index (χ4n) is 1.44. The van der Waals surface area contributed by atoms with Gasteiger partial charge in [-0.25, -0.2) is 4.98 Å². The molecule has 0 aromatic carbocycles. The van der Waals surface area contributed by atoms with Gasteiger partial charge in [0, 0.05) is 22.1 Å². The molecule has 74 valence electrons. The lowest BCUT2D eigenvalue weighted by atomic mass is 10.3. The van der Waals surface area contributed by atoms with Gasteiger partial charge in [-0.2, -0.15) is 0 Å². The minimum atomic E-state index is 0.955. The Labute approximate surface area is 88.2 Å². The summed E-state index contributed by atoms with van der Waals surface area (Å²) in [6.07, 6.45) is 5.01. The van der Waals surface area contributed by atoms with Crippen LogP contribution in [0.3, 0.4) is 0 Å². The maximum Gasteiger partial charge on any atom is 0.105 e. The van der Waals surface area contributed by atoms with Gasteiger partial charge >= 0.3 is 0 Å². The Morgan fingerprint density at radius 1 is 1.36 bits per heavy atom. The van der Waals surface area contributed by atoms with Crippen LogP contribution in [0.25, 0.3) is 0 Å². The highest BCUT2D eigenvalue weighted by atomic mass is 32.1. The van der Waals surface area contributed by atoms with Gasteiger partial charge in [0.15, 0.2) is 0 Å². The zero-order valence-corrected chi connectivity index (χ0v) is 9.34. The number of hydrogen-bond donors (Lipinski definition) is 0. The third kappa shape index (κ3) is 1.87. The van der Waals surface area contributed by atoms with E-state index >= 15 is 0 Å². The molecule has 2 aromatic heterocycles. The first-order chi connectivity index (χ1) is 6.79. The third-order valence-corrected chi connectivity index (χ3v) is 3.53. The lowest BCUT2D eigenvalue weighted by Crippen LogP contribution is -1.98. The van der Waals surface area contributed by atoms with Gasteiger partial charge in [0.25, 0.3) is 0 Å². The lowest BCUT2D eigenvalue weighted by Gasteiger charge is -2.01. The van der Waals surface area contributed by atoms with Crippen molar-refractivity contribution in [1.82, 2.24) is 9.55 Å². The minimum Gasteiger partial charge on any atom is -0.330 e. The second kappa shape index (κ2) is 3.96. The van der Waals surface area contributed by atoms with E-state index in [0.29, 0.717) is 0 Å². The van der Waals surface area contributed by atoms with Crippen molar-refractivity contribution in [2.24, 2.45) is 0 Å². The number of imidazole rings is 1. The molecule has 0 bridgehead atoms. The molecular weight excluding hydrogens is 192 g/mol. The van der Waals surface area contributed by atoms with Crippen LogP contribution in [0, 0.1) is 6.92 Å². The van der Waals surface area contributed by atoms with E-state index in [0.717, 1.165) is 18.8 Å². The molecule has 0 saturated heterocycles. The molecule has 0 spiro atoms. The Morgan fingerprint density at radius 3 is 2.71 bits per heavy atom. The van der Waals surface area contributed by atoms with Crippen LogP contribution in [-0.4, -0.2) is 9.55 Å². The summed E-state index contributed by atoms with van der Waals surface area (Å²) >= 11 is 1.89. The van der Waals surface area contributed by atoms with Gasteiger partial charge in [-0.05, 0) is 25.5 Å². The van der Waals surface area contributed by atoms with E-state index in [9.17, 15) is 0 Å². The van der Waals surface area contributed by atoms with Crippen molar-refractivity contribution in [3.8, 4) is 0 Å². The maximum atomic E-state index is 4.21. The normalized spacial score (nSPS) is 10.7. The molecule has 0 aliphatic rings. The molecule has 0 fully saturated rings. The van der Waals surface area contributed by atoms with Crippen LogP contribution in [0.4, 0.5) is 0 Å². The average Bonchev–Trinajstić information content (AvgIpc) is 2.77. The number of thiophene rings is 1. The fourth-order valence-corrected chi connectivity index (χ4v) is 2.39. The van der Waals surface area contributed by atoms with E-state index in [1.807, 2.05) is 30.7 Å². The van der Waals surface area contributed by atoms with Crippen LogP contribution in [-0.2, 0) is 13.0 Å². The molecule has 2 nitrogen and oxygen atoms in total. The summed E-state index contributed by atoms with van der Waals surface area (Å²) in [5.41, 5.74) is 0. The zero-order valence-electron chi connectivity index (χ0n) is 8.53. The molecule has 14 heavy (non-hydrogen) atoms. The van der Waals surface area contributed by atoms with E-state index < -0.39 is 0 Å². The highest BCUT2D eigenvalue weighted by molar-refractivity contribution is 7.11. The monoisotopic (exact) mass is 206 g/mol. The lowest BCUT2D eigenvalue weighted by molar-refractivity contribution is 0.772.